The van der Waals surface area contributed by atoms with Crippen molar-refractivity contribution in [1.29, 1.82) is 0 Å². The van der Waals surface area contributed by atoms with Crippen LogP contribution in [0.1, 0.15) is 45.4 Å². The maximum Gasteiger partial charge on any atom is 0.326 e. The second-order valence-corrected chi connectivity index (χ2v) is 4.71. The maximum absolute atomic E-state index is 11.6. The summed E-state index contributed by atoms with van der Waals surface area (Å²) in [4.78, 5) is 24.2. The van der Waals surface area contributed by atoms with Crippen LogP contribution in [-0.4, -0.2) is 40.5 Å². The van der Waals surface area contributed by atoms with Crippen LogP contribution in [0.25, 0.3) is 0 Å². The number of rotatable bonds is 7. The van der Waals surface area contributed by atoms with Crippen LogP contribution in [0.2, 0.25) is 0 Å². The summed E-state index contributed by atoms with van der Waals surface area (Å²) >= 11 is 0. The van der Waals surface area contributed by atoms with Gasteiger partial charge in [0.05, 0.1) is 0 Å². The number of likely N-dealkylation sites (tertiary alicyclic amines) is 1. The van der Waals surface area contributed by atoms with Gasteiger partial charge >= 0.3 is 5.97 Å². The molecule has 1 fully saturated rings. The van der Waals surface area contributed by atoms with Gasteiger partial charge in [-0.25, -0.2) is 4.79 Å². The molecule has 1 amide bonds. The lowest BCUT2D eigenvalue weighted by molar-refractivity contribution is -0.148. The van der Waals surface area contributed by atoms with E-state index in [2.05, 4.69) is 6.92 Å². The average molecular weight is 242 g/mol. The zero-order chi connectivity index (χ0) is 12.8. The van der Waals surface area contributed by atoms with E-state index in [1.807, 2.05) is 0 Å². The molecule has 1 heterocycles. The largest absolute Gasteiger partial charge is 0.480 e. The Morgan fingerprint density at radius 3 is 2.71 bits per heavy atom. The number of carboxylic acid groups (broad SMARTS) is 1. The minimum Gasteiger partial charge on any atom is -0.480 e. The third kappa shape index (κ3) is 4.00. The van der Waals surface area contributed by atoms with E-state index in [1.54, 1.807) is 0 Å². The minimum absolute atomic E-state index is 0.125. The van der Waals surface area contributed by atoms with Crippen molar-refractivity contribution in [2.24, 2.45) is 5.73 Å². The molecule has 0 bridgehead atoms. The van der Waals surface area contributed by atoms with Gasteiger partial charge < -0.3 is 15.7 Å². The molecule has 1 aliphatic rings. The monoisotopic (exact) mass is 242 g/mol. The molecular weight excluding hydrogens is 220 g/mol. The lowest BCUT2D eigenvalue weighted by Crippen LogP contribution is -2.43. The smallest absolute Gasteiger partial charge is 0.326 e. The number of unbranched alkanes of at least 4 members (excludes halogenated alkanes) is 3. The van der Waals surface area contributed by atoms with Gasteiger partial charge in [-0.3, -0.25) is 4.79 Å². The number of carbonyl (C=O) groups excluding carboxylic acids is 1. The Morgan fingerprint density at radius 2 is 2.24 bits per heavy atom. The van der Waals surface area contributed by atoms with E-state index in [4.69, 9.17) is 10.8 Å². The highest BCUT2D eigenvalue weighted by Crippen LogP contribution is 2.18. The third-order valence-electron chi connectivity index (χ3n) is 3.18. The van der Waals surface area contributed by atoms with Crippen LogP contribution in [-0.2, 0) is 9.59 Å². The summed E-state index contributed by atoms with van der Waals surface area (Å²) in [7, 11) is 0. The van der Waals surface area contributed by atoms with Gasteiger partial charge in [0.2, 0.25) is 5.91 Å². The van der Waals surface area contributed by atoms with Gasteiger partial charge in [0, 0.05) is 19.0 Å². The summed E-state index contributed by atoms with van der Waals surface area (Å²) in [5.41, 5.74) is 5.67. The summed E-state index contributed by atoms with van der Waals surface area (Å²) in [5.74, 6) is -1.04. The van der Waals surface area contributed by atoms with Crippen LogP contribution in [0.4, 0.5) is 0 Å². The minimum atomic E-state index is -0.913. The Kier molecular flexibility index (Phi) is 5.41. The highest BCUT2D eigenvalue weighted by molar-refractivity contribution is 5.85. The van der Waals surface area contributed by atoms with Gasteiger partial charge in [0.15, 0.2) is 0 Å². The number of carboxylic acids is 1. The van der Waals surface area contributed by atoms with E-state index in [9.17, 15) is 9.59 Å². The molecule has 0 saturated carbocycles. The SMILES string of the molecule is CCCCCCC(C(=O)O)N1CC(N)CC1=O. The lowest BCUT2D eigenvalue weighted by Gasteiger charge is -2.24. The van der Waals surface area contributed by atoms with Crippen molar-refractivity contribution in [3.63, 3.8) is 0 Å². The molecule has 0 radical (unpaired) electrons. The molecule has 1 aliphatic heterocycles. The number of carbonyl (C=O) groups is 2. The fourth-order valence-corrected chi connectivity index (χ4v) is 2.24. The normalized spacial score (nSPS) is 21.9. The standard InChI is InChI=1S/C12H22N2O3/c1-2-3-4-5-6-10(12(16)17)14-8-9(13)7-11(14)15/h9-10H,2-8,13H2,1H3,(H,16,17). The summed E-state index contributed by atoms with van der Waals surface area (Å²) in [6, 6.07) is -0.895. The maximum atomic E-state index is 11.6. The molecule has 0 aliphatic carbocycles. The zero-order valence-electron chi connectivity index (χ0n) is 10.4. The van der Waals surface area contributed by atoms with Gasteiger partial charge in [-0.05, 0) is 6.42 Å². The highest BCUT2D eigenvalue weighted by Gasteiger charge is 2.35. The summed E-state index contributed by atoms with van der Waals surface area (Å²) in [6.45, 7) is 2.49. The van der Waals surface area contributed by atoms with Crippen molar-refractivity contribution in [3.05, 3.63) is 0 Å². The number of aliphatic carboxylic acids is 1. The lowest BCUT2D eigenvalue weighted by atomic mass is 10.1. The summed E-state index contributed by atoms with van der Waals surface area (Å²) in [6.07, 6.45) is 4.91. The Morgan fingerprint density at radius 1 is 1.53 bits per heavy atom. The molecule has 17 heavy (non-hydrogen) atoms. The van der Waals surface area contributed by atoms with Gasteiger partial charge in [-0.1, -0.05) is 32.6 Å². The molecule has 1 saturated heterocycles. The molecule has 5 heteroatoms. The van der Waals surface area contributed by atoms with Crippen molar-refractivity contribution in [2.45, 2.75) is 57.5 Å². The first-order chi connectivity index (χ1) is 8.06. The predicted octanol–water partition coefficient (Wildman–Crippen LogP) is 0.970. The average Bonchev–Trinajstić information content (AvgIpc) is 2.57. The summed E-state index contributed by atoms with van der Waals surface area (Å²) in [5, 5.41) is 9.16. The summed E-state index contributed by atoms with van der Waals surface area (Å²) < 4.78 is 0. The number of nitrogens with two attached hydrogens (primary N) is 1. The molecule has 0 aromatic heterocycles. The van der Waals surface area contributed by atoms with Crippen LogP contribution < -0.4 is 5.73 Å². The first kappa shape index (κ1) is 14.0. The topological polar surface area (TPSA) is 83.6 Å². The predicted molar refractivity (Wildman–Crippen MR) is 64.5 cm³/mol. The Labute approximate surface area is 102 Å². The third-order valence-corrected chi connectivity index (χ3v) is 3.18. The van der Waals surface area contributed by atoms with Crippen LogP contribution >= 0.6 is 0 Å². The van der Waals surface area contributed by atoms with Crippen LogP contribution in [0, 0.1) is 0 Å². The fraction of sp³-hybridized carbons (Fsp3) is 0.833. The van der Waals surface area contributed by atoms with Crippen LogP contribution in [0.15, 0.2) is 0 Å². The van der Waals surface area contributed by atoms with E-state index in [-0.39, 0.29) is 18.4 Å². The Hall–Kier alpha value is -1.10. The molecule has 0 aromatic rings. The fourth-order valence-electron chi connectivity index (χ4n) is 2.24. The van der Waals surface area contributed by atoms with E-state index in [1.165, 1.54) is 4.90 Å². The quantitative estimate of drug-likeness (QED) is 0.651. The second-order valence-electron chi connectivity index (χ2n) is 4.71. The van der Waals surface area contributed by atoms with Gasteiger partial charge in [0.25, 0.3) is 0 Å². The molecule has 3 N–H and O–H groups in total. The molecule has 98 valence electrons. The van der Waals surface area contributed by atoms with Crippen molar-refractivity contribution >= 4 is 11.9 Å². The van der Waals surface area contributed by atoms with E-state index in [0.717, 1.165) is 25.7 Å². The van der Waals surface area contributed by atoms with Crippen LogP contribution in [0.5, 0.6) is 0 Å². The Balaban J connectivity index is 2.48. The first-order valence-corrected chi connectivity index (χ1v) is 6.34. The molecule has 1 rings (SSSR count). The van der Waals surface area contributed by atoms with Gasteiger partial charge in [-0.2, -0.15) is 0 Å². The van der Waals surface area contributed by atoms with Crippen molar-refractivity contribution in [1.82, 2.24) is 4.90 Å². The van der Waals surface area contributed by atoms with Crippen molar-refractivity contribution in [2.75, 3.05) is 6.54 Å². The van der Waals surface area contributed by atoms with Crippen LogP contribution in [0.3, 0.4) is 0 Å². The number of hydrogen-bond acceptors (Lipinski definition) is 3. The highest BCUT2D eigenvalue weighted by atomic mass is 16.4. The first-order valence-electron chi connectivity index (χ1n) is 6.34. The molecule has 2 unspecified atom stereocenters. The van der Waals surface area contributed by atoms with Gasteiger partial charge in [0.1, 0.15) is 6.04 Å². The molecule has 0 spiro atoms. The zero-order valence-corrected chi connectivity index (χ0v) is 10.4. The molecule has 0 aromatic carbocycles. The number of nitrogens with zero attached hydrogens (tertiary/aromatic N) is 1. The Bertz CT molecular complexity index is 281. The number of amides is 1. The number of hydrogen-bond donors (Lipinski definition) is 2. The van der Waals surface area contributed by atoms with E-state index in [0.29, 0.717) is 13.0 Å². The van der Waals surface area contributed by atoms with Crippen molar-refractivity contribution in [3.8, 4) is 0 Å². The van der Waals surface area contributed by atoms with E-state index >= 15 is 0 Å². The molecular formula is C12H22N2O3. The second kappa shape index (κ2) is 6.59. The molecule has 5 nitrogen and oxygen atoms in total. The van der Waals surface area contributed by atoms with Gasteiger partial charge in [-0.15, -0.1) is 0 Å². The van der Waals surface area contributed by atoms with Crippen molar-refractivity contribution < 1.29 is 14.7 Å². The van der Waals surface area contributed by atoms with E-state index < -0.39 is 12.0 Å². The molecule has 2 atom stereocenters.